The number of nitrogens with zero attached hydrogens (tertiary/aromatic N) is 1. The zero-order chi connectivity index (χ0) is 26.5. The predicted molar refractivity (Wildman–Crippen MR) is 136 cm³/mol. The minimum atomic E-state index is -1.21. The lowest BCUT2D eigenvalue weighted by Crippen LogP contribution is -2.35. The molecule has 0 spiro atoms. The van der Waals surface area contributed by atoms with E-state index in [0.717, 1.165) is 0 Å². The number of nitrogens with one attached hydrogen (secondary N) is 2. The van der Waals surface area contributed by atoms with E-state index in [0.29, 0.717) is 10.9 Å². The van der Waals surface area contributed by atoms with Gasteiger partial charge < -0.3 is 25.2 Å². The third-order valence-electron chi connectivity index (χ3n) is 5.25. The Balaban J connectivity index is 1.53. The highest BCUT2D eigenvalue weighted by Gasteiger charge is 2.18. The summed E-state index contributed by atoms with van der Waals surface area (Å²) in [4.78, 5) is 28.0. The van der Waals surface area contributed by atoms with E-state index >= 15 is 4.39 Å². The molecule has 11 heteroatoms. The molecule has 0 aliphatic carbocycles. The molecule has 0 saturated heterocycles. The summed E-state index contributed by atoms with van der Waals surface area (Å²) in [5, 5.41) is 14.6. The number of carbonyl (C=O) groups is 2. The molecule has 188 valence electrons. The number of amides is 1. The number of carboxylic acids is 1. The van der Waals surface area contributed by atoms with Crippen molar-refractivity contribution >= 4 is 45.8 Å². The molecule has 0 aliphatic rings. The molecule has 1 aromatic heterocycles. The number of rotatable bonds is 7. The average Bonchev–Trinajstić information content (AvgIpc) is 2.87. The molecule has 0 atom stereocenters. The topological polar surface area (TPSA) is 110 Å². The normalized spacial score (nSPS) is 10.6. The van der Waals surface area contributed by atoms with Crippen molar-refractivity contribution in [1.29, 1.82) is 0 Å². The third kappa shape index (κ3) is 5.78. The maximum atomic E-state index is 15.2. The maximum absolute atomic E-state index is 15.2. The van der Waals surface area contributed by atoms with Crippen molar-refractivity contribution in [1.82, 2.24) is 10.3 Å². The van der Waals surface area contributed by atoms with Gasteiger partial charge in [0.15, 0.2) is 16.7 Å². The molecular weight excluding hydrogens is 504 g/mol. The van der Waals surface area contributed by atoms with Gasteiger partial charge in [-0.3, -0.25) is 9.78 Å². The minimum absolute atomic E-state index is 0.0834. The van der Waals surface area contributed by atoms with Crippen LogP contribution in [0.15, 0.2) is 66.9 Å². The molecule has 37 heavy (non-hydrogen) atoms. The molecular formula is C26H19F2N3O5S. The van der Waals surface area contributed by atoms with Gasteiger partial charge in [0.05, 0.1) is 24.7 Å². The summed E-state index contributed by atoms with van der Waals surface area (Å²) in [6.45, 7) is 0. The SMILES string of the molecule is COc1cc2nccc(Oc3cccc(NC(=S)NC(=O)Cc4ccccc4F)c3F)c2cc1C(=O)O. The number of benzene rings is 3. The molecule has 1 amide bonds. The molecule has 0 unspecified atom stereocenters. The first-order valence-corrected chi connectivity index (χ1v) is 11.2. The Morgan fingerprint density at radius 3 is 2.54 bits per heavy atom. The second-order valence-electron chi connectivity index (χ2n) is 7.67. The lowest BCUT2D eigenvalue weighted by Gasteiger charge is -2.14. The van der Waals surface area contributed by atoms with Crippen molar-refractivity contribution < 1.29 is 33.0 Å². The van der Waals surface area contributed by atoms with E-state index < -0.39 is 23.5 Å². The van der Waals surface area contributed by atoms with Gasteiger partial charge in [0.2, 0.25) is 5.91 Å². The highest BCUT2D eigenvalue weighted by atomic mass is 32.1. The summed E-state index contributed by atoms with van der Waals surface area (Å²) in [5.41, 5.74) is 0.380. The van der Waals surface area contributed by atoms with Crippen molar-refractivity contribution in [3.8, 4) is 17.2 Å². The number of fused-ring (bicyclic) bond motifs is 1. The number of carbonyl (C=O) groups excluding carboxylic acids is 1. The fraction of sp³-hybridized carbons (Fsp3) is 0.0769. The first kappa shape index (κ1) is 25.5. The Labute approximate surface area is 214 Å². The van der Waals surface area contributed by atoms with Crippen LogP contribution in [0.25, 0.3) is 10.9 Å². The number of hydrogen-bond donors (Lipinski definition) is 3. The van der Waals surface area contributed by atoms with Crippen LogP contribution in [0.1, 0.15) is 15.9 Å². The largest absolute Gasteiger partial charge is 0.496 e. The van der Waals surface area contributed by atoms with Gasteiger partial charge in [0.1, 0.15) is 22.9 Å². The minimum Gasteiger partial charge on any atom is -0.496 e. The van der Waals surface area contributed by atoms with E-state index in [1.807, 2.05) is 0 Å². The Hall–Kier alpha value is -4.64. The zero-order valence-corrected chi connectivity index (χ0v) is 20.1. The first-order chi connectivity index (χ1) is 17.8. The van der Waals surface area contributed by atoms with Crippen LogP contribution in [0.5, 0.6) is 17.2 Å². The number of anilines is 1. The van der Waals surface area contributed by atoms with E-state index in [-0.39, 0.29) is 45.6 Å². The van der Waals surface area contributed by atoms with Gasteiger partial charge in [-0.1, -0.05) is 24.3 Å². The molecule has 0 aliphatic heterocycles. The van der Waals surface area contributed by atoms with Crippen molar-refractivity contribution in [3.63, 3.8) is 0 Å². The fourth-order valence-electron chi connectivity index (χ4n) is 3.52. The van der Waals surface area contributed by atoms with Gasteiger partial charge in [0.25, 0.3) is 0 Å². The molecule has 4 aromatic rings. The van der Waals surface area contributed by atoms with Crippen LogP contribution in [0, 0.1) is 11.6 Å². The maximum Gasteiger partial charge on any atom is 0.339 e. The van der Waals surface area contributed by atoms with Crippen LogP contribution in [0.3, 0.4) is 0 Å². The molecule has 0 bridgehead atoms. The molecule has 3 aromatic carbocycles. The number of thiocarbonyl (C=S) groups is 1. The smallest absolute Gasteiger partial charge is 0.339 e. The number of methoxy groups -OCH3 is 1. The quantitative estimate of drug-likeness (QED) is 0.288. The van der Waals surface area contributed by atoms with E-state index in [2.05, 4.69) is 15.6 Å². The van der Waals surface area contributed by atoms with Gasteiger partial charge >= 0.3 is 5.97 Å². The second-order valence-corrected chi connectivity index (χ2v) is 8.08. The second kappa shape index (κ2) is 11.0. The number of aromatic carboxylic acids is 1. The fourth-order valence-corrected chi connectivity index (χ4v) is 3.74. The summed E-state index contributed by atoms with van der Waals surface area (Å²) >= 11 is 5.10. The Bertz CT molecular complexity index is 1530. The highest BCUT2D eigenvalue weighted by molar-refractivity contribution is 7.80. The van der Waals surface area contributed by atoms with Gasteiger partial charge in [-0.05, 0) is 48.1 Å². The predicted octanol–water partition coefficient (Wildman–Crippen LogP) is 5.07. The Morgan fingerprint density at radius 2 is 1.81 bits per heavy atom. The van der Waals surface area contributed by atoms with E-state index in [4.69, 9.17) is 21.7 Å². The summed E-state index contributed by atoms with van der Waals surface area (Å²) in [7, 11) is 1.34. The van der Waals surface area contributed by atoms with Crippen LogP contribution in [-0.4, -0.2) is 34.2 Å². The highest BCUT2D eigenvalue weighted by Crippen LogP contribution is 2.35. The molecule has 0 fully saturated rings. The van der Waals surface area contributed by atoms with Gasteiger partial charge in [-0.2, -0.15) is 0 Å². The molecule has 4 rings (SSSR count). The third-order valence-corrected chi connectivity index (χ3v) is 5.45. The molecule has 1 heterocycles. The Kier molecular flexibility index (Phi) is 7.54. The number of carboxylic acid groups (broad SMARTS) is 1. The molecule has 0 radical (unpaired) electrons. The number of hydrogen-bond acceptors (Lipinski definition) is 6. The van der Waals surface area contributed by atoms with Gasteiger partial charge in [-0.25, -0.2) is 13.6 Å². The van der Waals surface area contributed by atoms with E-state index in [1.165, 1.54) is 67.9 Å². The molecule has 0 saturated carbocycles. The molecule has 8 nitrogen and oxygen atoms in total. The number of aromatic nitrogens is 1. The van der Waals surface area contributed by atoms with Crippen LogP contribution in [-0.2, 0) is 11.2 Å². The first-order valence-electron chi connectivity index (χ1n) is 10.8. The zero-order valence-electron chi connectivity index (χ0n) is 19.2. The average molecular weight is 524 g/mol. The van der Waals surface area contributed by atoms with Gasteiger partial charge in [-0.15, -0.1) is 0 Å². The van der Waals surface area contributed by atoms with Crippen LogP contribution >= 0.6 is 12.2 Å². The van der Waals surface area contributed by atoms with Crippen LogP contribution in [0.2, 0.25) is 0 Å². The lowest BCUT2D eigenvalue weighted by atomic mass is 10.1. The van der Waals surface area contributed by atoms with E-state index in [9.17, 15) is 19.1 Å². The summed E-state index contributed by atoms with van der Waals surface area (Å²) in [5.74, 6) is -3.04. The van der Waals surface area contributed by atoms with E-state index in [1.54, 1.807) is 6.07 Å². The summed E-state index contributed by atoms with van der Waals surface area (Å²) in [6.07, 6.45) is 1.18. The van der Waals surface area contributed by atoms with Crippen molar-refractivity contribution in [3.05, 3.63) is 89.6 Å². The number of halogens is 2. The van der Waals surface area contributed by atoms with Gasteiger partial charge in [0, 0.05) is 17.6 Å². The standard InChI is InChI=1S/C26H19F2N3O5S/c1-35-22-13-19-15(12-16(22)25(33)34)20(9-10-29-19)36-21-8-4-7-18(24(21)28)30-26(37)31-23(32)11-14-5-2-3-6-17(14)27/h2-10,12-13H,11H2,1H3,(H,33,34)(H2,30,31,32,37). The van der Waals surface area contributed by atoms with Crippen molar-refractivity contribution in [2.24, 2.45) is 0 Å². The summed E-state index contributed by atoms with van der Waals surface area (Å²) in [6, 6.07) is 14.3. The van der Waals surface area contributed by atoms with Crippen molar-refractivity contribution in [2.45, 2.75) is 6.42 Å². The lowest BCUT2D eigenvalue weighted by molar-refractivity contribution is -0.119. The summed E-state index contributed by atoms with van der Waals surface area (Å²) < 4.78 is 39.9. The molecule has 3 N–H and O–H groups in total. The van der Waals surface area contributed by atoms with Crippen molar-refractivity contribution in [2.75, 3.05) is 12.4 Å². The number of pyridine rings is 1. The Morgan fingerprint density at radius 1 is 1.03 bits per heavy atom. The van der Waals surface area contributed by atoms with Crippen LogP contribution in [0.4, 0.5) is 14.5 Å². The monoisotopic (exact) mass is 523 g/mol. The van der Waals surface area contributed by atoms with Crippen LogP contribution < -0.4 is 20.1 Å². The number of ether oxygens (including phenoxy) is 2.